The Kier molecular flexibility index (Phi) is 5.50. The summed E-state index contributed by atoms with van der Waals surface area (Å²) >= 11 is 0. The number of rotatable bonds is 4. The van der Waals surface area contributed by atoms with Crippen molar-refractivity contribution in [3.05, 3.63) is 48.5 Å². The number of piperidine rings is 2. The number of carbonyl (C=O) groups is 1. The third-order valence-electron chi connectivity index (χ3n) is 5.74. The van der Waals surface area contributed by atoms with E-state index in [1.807, 2.05) is 4.90 Å². The number of imidazole rings is 1. The predicted octanol–water partition coefficient (Wildman–Crippen LogP) is 2.56. The van der Waals surface area contributed by atoms with Crippen LogP contribution in [0.15, 0.2) is 47.6 Å². The van der Waals surface area contributed by atoms with Crippen LogP contribution in [0.1, 0.15) is 44.0 Å². The number of nitrogens with one attached hydrogen (secondary N) is 1. The first-order valence-electron chi connectivity index (χ1n) is 9.92. The first-order chi connectivity index (χ1) is 13.6. The van der Waals surface area contributed by atoms with Gasteiger partial charge in [-0.15, -0.1) is 0 Å². The van der Waals surface area contributed by atoms with Crippen LogP contribution in [0.25, 0.3) is 0 Å². The molecule has 2 fully saturated rings. The van der Waals surface area contributed by atoms with E-state index in [0.717, 1.165) is 31.5 Å². The van der Waals surface area contributed by atoms with Crippen LogP contribution in [-0.2, 0) is 14.8 Å². The van der Waals surface area contributed by atoms with Gasteiger partial charge in [0, 0.05) is 32.0 Å². The van der Waals surface area contributed by atoms with Crippen molar-refractivity contribution in [2.24, 2.45) is 5.92 Å². The molecule has 2 aliphatic heterocycles. The normalized spacial score (nSPS) is 24.2. The zero-order valence-electron chi connectivity index (χ0n) is 15.8. The topological polar surface area (TPSA) is 86.4 Å². The number of sulfonamides is 1. The van der Waals surface area contributed by atoms with Crippen molar-refractivity contribution in [3.63, 3.8) is 0 Å². The highest BCUT2D eigenvalue weighted by Gasteiger charge is 2.38. The Morgan fingerprint density at radius 3 is 2.64 bits per heavy atom. The second-order valence-corrected chi connectivity index (χ2v) is 9.47. The van der Waals surface area contributed by atoms with Crippen molar-refractivity contribution < 1.29 is 13.2 Å². The molecular formula is C20H26N4O3S. The summed E-state index contributed by atoms with van der Waals surface area (Å²) in [6.07, 6.45) is 7.83. The van der Waals surface area contributed by atoms with Crippen LogP contribution >= 0.6 is 0 Å². The standard InChI is InChI=1S/C20H26N4O3S/c25-20(24-14-5-4-10-18(24)19-21-11-12-22-19)16-7-6-13-23(15-16)28(26,27)17-8-2-1-3-9-17/h1-3,8-9,11-12,16,18H,4-7,10,13-15H2,(H,21,22)/t16-,18+/m1/s1. The molecule has 28 heavy (non-hydrogen) atoms. The third-order valence-corrected chi connectivity index (χ3v) is 7.61. The van der Waals surface area contributed by atoms with Crippen LogP contribution in [0.2, 0.25) is 0 Å². The number of benzene rings is 1. The van der Waals surface area contributed by atoms with Gasteiger partial charge in [0.15, 0.2) is 0 Å². The van der Waals surface area contributed by atoms with Crippen LogP contribution in [0.3, 0.4) is 0 Å². The number of amides is 1. The minimum absolute atomic E-state index is 0.0441. The Morgan fingerprint density at radius 2 is 1.89 bits per heavy atom. The molecular weight excluding hydrogens is 376 g/mol. The zero-order chi connectivity index (χ0) is 19.6. The maximum atomic E-state index is 13.3. The summed E-state index contributed by atoms with van der Waals surface area (Å²) in [5.74, 6) is 0.564. The average molecular weight is 403 g/mol. The van der Waals surface area contributed by atoms with Gasteiger partial charge in [0.05, 0.1) is 16.9 Å². The number of likely N-dealkylation sites (tertiary alicyclic amines) is 1. The van der Waals surface area contributed by atoms with Crippen LogP contribution in [0.4, 0.5) is 0 Å². The predicted molar refractivity (Wildman–Crippen MR) is 105 cm³/mol. The minimum Gasteiger partial charge on any atom is -0.347 e. The monoisotopic (exact) mass is 402 g/mol. The van der Waals surface area contributed by atoms with Crippen LogP contribution in [0.5, 0.6) is 0 Å². The van der Waals surface area contributed by atoms with Crippen molar-refractivity contribution in [1.82, 2.24) is 19.2 Å². The molecule has 1 aromatic heterocycles. The summed E-state index contributed by atoms with van der Waals surface area (Å²) in [7, 11) is -3.57. The summed E-state index contributed by atoms with van der Waals surface area (Å²) in [5, 5.41) is 0. The second-order valence-electron chi connectivity index (χ2n) is 7.53. The van der Waals surface area contributed by atoms with E-state index in [1.54, 1.807) is 42.7 Å². The van der Waals surface area contributed by atoms with E-state index in [0.29, 0.717) is 19.5 Å². The molecule has 150 valence electrons. The fourth-order valence-electron chi connectivity index (χ4n) is 4.28. The van der Waals surface area contributed by atoms with Gasteiger partial charge in [-0.1, -0.05) is 18.2 Å². The number of H-pyrrole nitrogens is 1. The highest BCUT2D eigenvalue weighted by molar-refractivity contribution is 7.89. The van der Waals surface area contributed by atoms with Crippen molar-refractivity contribution in [3.8, 4) is 0 Å². The Bertz CT molecular complexity index is 899. The molecule has 4 rings (SSSR count). The number of aromatic amines is 1. The van der Waals surface area contributed by atoms with E-state index in [2.05, 4.69) is 9.97 Å². The second kappa shape index (κ2) is 8.05. The zero-order valence-corrected chi connectivity index (χ0v) is 16.6. The van der Waals surface area contributed by atoms with Gasteiger partial charge in [0.25, 0.3) is 0 Å². The molecule has 8 heteroatoms. The lowest BCUT2D eigenvalue weighted by molar-refractivity contribution is -0.140. The summed E-state index contributed by atoms with van der Waals surface area (Å²) in [6.45, 7) is 1.41. The van der Waals surface area contributed by atoms with Crippen molar-refractivity contribution in [1.29, 1.82) is 0 Å². The Morgan fingerprint density at radius 1 is 1.07 bits per heavy atom. The summed E-state index contributed by atoms with van der Waals surface area (Å²) in [6, 6.07) is 8.42. The Hall–Kier alpha value is -2.19. The van der Waals surface area contributed by atoms with Crippen molar-refractivity contribution in [2.75, 3.05) is 19.6 Å². The Balaban J connectivity index is 1.52. The molecule has 1 N–H and O–H groups in total. The van der Waals surface area contributed by atoms with Gasteiger partial charge in [-0.3, -0.25) is 4.79 Å². The van der Waals surface area contributed by atoms with Crippen molar-refractivity contribution in [2.45, 2.75) is 43.0 Å². The smallest absolute Gasteiger partial charge is 0.243 e. The van der Waals surface area contributed by atoms with Gasteiger partial charge in [-0.2, -0.15) is 4.31 Å². The first-order valence-corrected chi connectivity index (χ1v) is 11.4. The molecule has 2 aliphatic rings. The summed E-state index contributed by atoms with van der Waals surface area (Å²) in [4.78, 5) is 23.0. The fourth-order valence-corrected chi connectivity index (χ4v) is 5.82. The van der Waals surface area contributed by atoms with Crippen LogP contribution in [0, 0.1) is 5.92 Å². The van der Waals surface area contributed by atoms with Crippen molar-refractivity contribution >= 4 is 15.9 Å². The molecule has 0 saturated carbocycles. The van der Waals surface area contributed by atoms with Crippen LogP contribution in [-0.4, -0.2) is 53.1 Å². The number of nitrogens with zero attached hydrogens (tertiary/aromatic N) is 3. The molecule has 1 aromatic carbocycles. The van der Waals surface area contributed by atoms with Gasteiger partial charge >= 0.3 is 0 Å². The lowest BCUT2D eigenvalue weighted by Crippen LogP contribution is -2.48. The minimum atomic E-state index is -3.57. The molecule has 0 radical (unpaired) electrons. The maximum absolute atomic E-state index is 13.3. The quantitative estimate of drug-likeness (QED) is 0.852. The average Bonchev–Trinajstić information content (AvgIpc) is 3.29. The van der Waals surface area contributed by atoms with Gasteiger partial charge in [-0.05, 0) is 44.2 Å². The lowest BCUT2D eigenvalue weighted by atomic mass is 9.94. The lowest BCUT2D eigenvalue weighted by Gasteiger charge is -2.39. The third kappa shape index (κ3) is 3.71. The molecule has 1 amide bonds. The van der Waals surface area contributed by atoms with Gasteiger partial charge < -0.3 is 9.88 Å². The molecule has 0 unspecified atom stereocenters. The fraction of sp³-hybridized carbons (Fsp3) is 0.500. The highest BCUT2D eigenvalue weighted by Crippen LogP contribution is 2.32. The molecule has 0 aliphatic carbocycles. The largest absolute Gasteiger partial charge is 0.347 e. The Labute approximate surface area is 165 Å². The molecule has 2 saturated heterocycles. The molecule has 0 spiro atoms. The van der Waals surface area contributed by atoms with Gasteiger partial charge in [-0.25, -0.2) is 13.4 Å². The number of hydrogen-bond donors (Lipinski definition) is 1. The first kappa shape index (κ1) is 19.1. The SMILES string of the molecule is O=C([C@@H]1CCCN(S(=O)(=O)c2ccccc2)C1)N1CCCC[C@H]1c1ncc[nH]1. The van der Waals surface area contributed by atoms with Crippen LogP contribution < -0.4 is 0 Å². The van der Waals surface area contributed by atoms with E-state index in [9.17, 15) is 13.2 Å². The molecule has 3 heterocycles. The summed E-state index contributed by atoms with van der Waals surface area (Å²) in [5.41, 5.74) is 0. The van der Waals surface area contributed by atoms with E-state index in [1.165, 1.54) is 4.31 Å². The number of carbonyl (C=O) groups excluding carboxylic acids is 1. The molecule has 2 aromatic rings. The number of aromatic nitrogens is 2. The maximum Gasteiger partial charge on any atom is 0.243 e. The molecule has 0 bridgehead atoms. The van der Waals surface area contributed by atoms with Gasteiger partial charge in [0.2, 0.25) is 15.9 Å². The highest BCUT2D eigenvalue weighted by atomic mass is 32.2. The van der Waals surface area contributed by atoms with E-state index in [-0.39, 0.29) is 29.3 Å². The molecule has 2 atom stereocenters. The van der Waals surface area contributed by atoms with E-state index >= 15 is 0 Å². The molecule has 7 nitrogen and oxygen atoms in total. The van der Waals surface area contributed by atoms with E-state index < -0.39 is 10.0 Å². The summed E-state index contributed by atoms with van der Waals surface area (Å²) < 4.78 is 27.4. The van der Waals surface area contributed by atoms with E-state index in [4.69, 9.17) is 0 Å². The van der Waals surface area contributed by atoms with Gasteiger partial charge in [0.1, 0.15) is 5.82 Å². The number of hydrogen-bond acceptors (Lipinski definition) is 4.